The highest BCUT2D eigenvalue weighted by Crippen LogP contribution is 2.35. The van der Waals surface area contributed by atoms with E-state index in [0.29, 0.717) is 6.26 Å². The van der Waals surface area contributed by atoms with Crippen LogP contribution in [0.5, 0.6) is 0 Å². The predicted octanol–water partition coefficient (Wildman–Crippen LogP) is 0.167. The van der Waals surface area contributed by atoms with Gasteiger partial charge in [0.1, 0.15) is 0 Å². The Morgan fingerprint density at radius 3 is 2.44 bits per heavy atom. The molecule has 0 aliphatic heterocycles. The lowest BCUT2D eigenvalue weighted by molar-refractivity contribution is 0.215. The molecule has 0 spiro atoms. The van der Waals surface area contributed by atoms with Crippen molar-refractivity contribution in [2.45, 2.75) is 0 Å². The molecule has 0 aliphatic carbocycles. The number of phosphoric ester groups is 1. The fourth-order valence-corrected chi connectivity index (χ4v) is 0.463. The largest absolute Gasteiger partial charge is 0.516 e. The Bertz CT molecular complexity index is 135. The number of aliphatic hydroxyl groups is 1. The molecule has 0 bridgehead atoms. The summed E-state index contributed by atoms with van der Waals surface area (Å²) in [5.74, 6) is 0. The summed E-state index contributed by atoms with van der Waals surface area (Å²) in [4.78, 5) is 16.0. The van der Waals surface area contributed by atoms with Gasteiger partial charge in [-0.1, -0.05) is 0 Å². The lowest BCUT2D eigenvalue weighted by Gasteiger charge is -1.99. The van der Waals surface area contributed by atoms with E-state index in [4.69, 9.17) is 14.9 Å². The van der Waals surface area contributed by atoms with E-state index < -0.39 is 7.82 Å². The van der Waals surface area contributed by atoms with Gasteiger partial charge in [0.25, 0.3) is 0 Å². The van der Waals surface area contributed by atoms with Crippen molar-refractivity contribution in [3.05, 3.63) is 12.3 Å². The van der Waals surface area contributed by atoms with Crippen LogP contribution in [0.15, 0.2) is 12.3 Å². The summed E-state index contributed by atoms with van der Waals surface area (Å²) in [6, 6.07) is 0. The highest BCUT2D eigenvalue weighted by molar-refractivity contribution is 7.46. The lowest BCUT2D eigenvalue weighted by atomic mass is 10.7. The van der Waals surface area contributed by atoms with Crippen LogP contribution in [0.1, 0.15) is 0 Å². The highest BCUT2D eigenvalue weighted by Gasteiger charge is 2.10. The van der Waals surface area contributed by atoms with Gasteiger partial charge < -0.3 is 14.9 Å². The van der Waals surface area contributed by atoms with Crippen LogP contribution >= 0.6 is 7.82 Å². The molecule has 0 heterocycles. The zero-order valence-electron chi connectivity index (χ0n) is 4.47. The van der Waals surface area contributed by atoms with Crippen molar-refractivity contribution >= 4 is 7.82 Å². The third-order valence-corrected chi connectivity index (χ3v) is 0.930. The fraction of sp³-hybridized carbons (Fsp3) is 0.333. The Morgan fingerprint density at radius 1 is 1.56 bits per heavy atom. The molecule has 0 aliphatic rings. The minimum absolute atomic E-state index is 0.291. The number of hydrogen-bond donors (Lipinski definition) is 3. The van der Waals surface area contributed by atoms with E-state index in [2.05, 4.69) is 4.52 Å². The second kappa shape index (κ2) is 3.63. The van der Waals surface area contributed by atoms with Crippen molar-refractivity contribution in [1.82, 2.24) is 0 Å². The molecule has 0 aromatic rings. The normalized spacial score (nSPS) is 12.7. The maximum Gasteiger partial charge on any atom is 0.469 e. The van der Waals surface area contributed by atoms with E-state index in [1.165, 1.54) is 0 Å². The second-order valence-corrected chi connectivity index (χ2v) is 2.41. The van der Waals surface area contributed by atoms with Gasteiger partial charge in [0.15, 0.2) is 0 Å². The highest BCUT2D eigenvalue weighted by atomic mass is 31.2. The average Bonchev–Trinajstić information content (AvgIpc) is 1.63. The first-order valence-corrected chi connectivity index (χ1v) is 3.58. The summed E-state index contributed by atoms with van der Waals surface area (Å²) in [6.07, 6.45) is 1.72. The fourth-order valence-electron chi connectivity index (χ4n) is 0.183. The third kappa shape index (κ3) is 7.65. The van der Waals surface area contributed by atoms with Gasteiger partial charge in [0.05, 0.1) is 12.9 Å². The molecule has 9 heavy (non-hydrogen) atoms. The van der Waals surface area contributed by atoms with E-state index in [0.717, 1.165) is 6.08 Å². The molecular formula is C3H7O5P. The summed E-state index contributed by atoms with van der Waals surface area (Å²) in [5.41, 5.74) is 0. The average molecular weight is 154 g/mol. The van der Waals surface area contributed by atoms with Crippen LogP contribution in [0.3, 0.4) is 0 Å². The van der Waals surface area contributed by atoms with Crippen LogP contribution in [0.2, 0.25) is 0 Å². The Morgan fingerprint density at radius 2 is 2.11 bits per heavy atom. The standard InChI is InChI=1S/C3H7O5P/c4-2-1-3-8-9(5,6)7/h1-2,4H,3H2,(H2,5,6,7). The van der Waals surface area contributed by atoms with Crippen molar-refractivity contribution in [3.63, 3.8) is 0 Å². The van der Waals surface area contributed by atoms with E-state index in [1.807, 2.05) is 0 Å². The second-order valence-electron chi connectivity index (χ2n) is 1.17. The van der Waals surface area contributed by atoms with Crippen molar-refractivity contribution in [2.24, 2.45) is 0 Å². The minimum atomic E-state index is -4.36. The molecule has 0 saturated carbocycles. The van der Waals surface area contributed by atoms with E-state index in [-0.39, 0.29) is 6.61 Å². The van der Waals surface area contributed by atoms with Gasteiger partial charge in [-0.15, -0.1) is 0 Å². The zero-order valence-corrected chi connectivity index (χ0v) is 5.36. The van der Waals surface area contributed by atoms with Gasteiger partial charge in [-0.3, -0.25) is 4.52 Å². The summed E-state index contributed by atoms with van der Waals surface area (Å²) < 4.78 is 13.8. The molecule has 0 rings (SSSR count). The molecule has 0 radical (unpaired) electrons. The number of phosphoric acid groups is 1. The first kappa shape index (κ1) is 8.65. The third-order valence-electron chi connectivity index (χ3n) is 0.444. The smallest absolute Gasteiger partial charge is 0.469 e. The van der Waals surface area contributed by atoms with Gasteiger partial charge in [0.2, 0.25) is 0 Å². The molecule has 3 N–H and O–H groups in total. The maximum absolute atomic E-state index is 9.86. The molecular weight excluding hydrogens is 147 g/mol. The number of hydrogen-bond acceptors (Lipinski definition) is 3. The Hall–Kier alpha value is -0.350. The van der Waals surface area contributed by atoms with Crippen LogP contribution in [0.4, 0.5) is 0 Å². The molecule has 0 unspecified atom stereocenters. The van der Waals surface area contributed by atoms with Crippen LogP contribution in [0.25, 0.3) is 0 Å². The molecule has 0 amide bonds. The van der Waals surface area contributed by atoms with Crippen molar-refractivity contribution in [3.8, 4) is 0 Å². The van der Waals surface area contributed by atoms with Crippen LogP contribution < -0.4 is 0 Å². The van der Waals surface area contributed by atoms with Crippen LogP contribution in [-0.2, 0) is 9.09 Å². The maximum atomic E-state index is 9.86. The number of rotatable bonds is 3. The van der Waals surface area contributed by atoms with Gasteiger partial charge in [-0.25, -0.2) is 4.57 Å². The zero-order chi connectivity index (χ0) is 7.33. The van der Waals surface area contributed by atoms with Gasteiger partial charge >= 0.3 is 7.82 Å². The molecule has 6 heteroatoms. The molecule has 0 aromatic carbocycles. The van der Waals surface area contributed by atoms with Crippen molar-refractivity contribution in [1.29, 1.82) is 0 Å². The number of aliphatic hydroxyl groups excluding tert-OH is 1. The molecule has 0 aromatic heterocycles. The summed E-state index contributed by atoms with van der Waals surface area (Å²) in [6.45, 7) is -0.291. The first-order chi connectivity index (χ1) is 4.06. The quantitative estimate of drug-likeness (QED) is 0.398. The minimum Gasteiger partial charge on any atom is -0.516 e. The van der Waals surface area contributed by atoms with Gasteiger partial charge in [-0.2, -0.15) is 0 Å². The SMILES string of the molecule is O=P(O)(O)OCC=CO. The molecule has 0 saturated heterocycles. The first-order valence-electron chi connectivity index (χ1n) is 2.05. The van der Waals surface area contributed by atoms with E-state index in [9.17, 15) is 4.57 Å². The molecule has 0 atom stereocenters. The summed E-state index contributed by atoms with van der Waals surface area (Å²) in [7, 11) is -4.36. The van der Waals surface area contributed by atoms with Crippen LogP contribution in [0, 0.1) is 0 Å². The van der Waals surface area contributed by atoms with Gasteiger partial charge in [0, 0.05) is 0 Å². The Labute approximate surface area is 51.8 Å². The lowest BCUT2D eigenvalue weighted by Crippen LogP contribution is -1.86. The monoisotopic (exact) mass is 154 g/mol. The topological polar surface area (TPSA) is 87.0 Å². The Kier molecular flexibility index (Phi) is 3.49. The van der Waals surface area contributed by atoms with E-state index >= 15 is 0 Å². The predicted molar refractivity (Wildman–Crippen MR) is 29.8 cm³/mol. The van der Waals surface area contributed by atoms with Gasteiger partial charge in [-0.05, 0) is 6.08 Å². The van der Waals surface area contributed by atoms with E-state index in [1.54, 1.807) is 0 Å². The summed E-state index contributed by atoms with van der Waals surface area (Å²) in [5, 5.41) is 7.95. The van der Waals surface area contributed by atoms with Crippen LogP contribution in [-0.4, -0.2) is 21.5 Å². The Balaban J connectivity index is 3.40. The molecule has 54 valence electrons. The summed E-state index contributed by atoms with van der Waals surface area (Å²) >= 11 is 0. The molecule has 0 fully saturated rings. The van der Waals surface area contributed by atoms with Crippen molar-refractivity contribution < 1.29 is 24.0 Å². The molecule has 5 nitrogen and oxygen atoms in total. The van der Waals surface area contributed by atoms with Crippen molar-refractivity contribution in [2.75, 3.05) is 6.61 Å².